The number of benzene rings is 1. The second-order valence-corrected chi connectivity index (χ2v) is 6.16. The smallest absolute Gasteiger partial charge is 0.220 e. The fourth-order valence-corrected chi connectivity index (χ4v) is 2.89. The minimum Gasteiger partial charge on any atom is -0.388 e. The molecule has 1 aromatic rings. The molecule has 5 heteroatoms. The molecule has 0 bridgehead atoms. The van der Waals surface area contributed by atoms with Gasteiger partial charge < -0.3 is 10.4 Å². The van der Waals surface area contributed by atoms with Crippen molar-refractivity contribution in [3.63, 3.8) is 0 Å². The molecule has 0 unspecified atom stereocenters. The molecule has 122 valence electrons. The fourth-order valence-electron chi connectivity index (χ4n) is 2.89. The highest BCUT2D eigenvalue weighted by atomic mass is 19.2. The summed E-state index contributed by atoms with van der Waals surface area (Å²) in [6.45, 7) is 0.303. The summed E-state index contributed by atoms with van der Waals surface area (Å²) in [6.07, 6.45) is 6.03. The Kier molecular flexibility index (Phi) is 5.89. The highest BCUT2D eigenvalue weighted by Gasteiger charge is 2.29. The third-order valence-electron chi connectivity index (χ3n) is 4.25. The van der Waals surface area contributed by atoms with Crippen LogP contribution in [0.3, 0.4) is 0 Å². The molecule has 1 amide bonds. The number of hydrogen-bond acceptors (Lipinski definition) is 2. The van der Waals surface area contributed by atoms with Crippen LogP contribution in [0.15, 0.2) is 18.2 Å². The van der Waals surface area contributed by atoms with Gasteiger partial charge in [-0.1, -0.05) is 25.3 Å². The highest BCUT2D eigenvalue weighted by Crippen LogP contribution is 2.27. The van der Waals surface area contributed by atoms with E-state index in [-0.39, 0.29) is 5.91 Å². The van der Waals surface area contributed by atoms with E-state index in [0.717, 1.165) is 44.2 Å². The Labute approximate surface area is 129 Å². The van der Waals surface area contributed by atoms with Crippen LogP contribution in [0.5, 0.6) is 0 Å². The standard InChI is InChI=1S/C17H23F2NO2/c18-14-8-7-13(11-15(14)19)5-4-6-16(21)20-12-17(22)9-2-1-3-10-17/h7-8,11,22H,1-6,9-10,12H2,(H,20,21). The molecule has 1 fully saturated rings. The van der Waals surface area contributed by atoms with Crippen LogP contribution in [0.2, 0.25) is 0 Å². The Morgan fingerprint density at radius 1 is 1.18 bits per heavy atom. The molecule has 0 atom stereocenters. The first-order valence-corrected chi connectivity index (χ1v) is 7.92. The third kappa shape index (κ3) is 5.05. The summed E-state index contributed by atoms with van der Waals surface area (Å²) >= 11 is 0. The Hall–Kier alpha value is -1.49. The van der Waals surface area contributed by atoms with Gasteiger partial charge in [-0.15, -0.1) is 0 Å². The Morgan fingerprint density at radius 2 is 1.91 bits per heavy atom. The summed E-state index contributed by atoms with van der Waals surface area (Å²) in [7, 11) is 0. The van der Waals surface area contributed by atoms with Crippen molar-refractivity contribution in [3.8, 4) is 0 Å². The van der Waals surface area contributed by atoms with Gasteiger partial charge in [-0.2, -0.15) is 0 Å². The zero-order valence-corrected chi connectivity index (χ0v) is 12.7. The maximum absolute atomic E-state index is 13.1. The molecular weight excluding hydrogens is 288 g/mol. The lowest BCUT2D eigenvalue weighted by Gasteiger charge is -2.32. The van der Waals surface area contributed by atoms with Crippen molar-refractivity contribution in [1.82, 2.24) is 5.32 Å². The van der Waals surface area contributed by atoms with Gasteiger partial charge in [-0.3, -0.25) is 4.79 Å². The largest absolute Gasteiger partial charge is 0.388 e. The zero-order valence-electron chi connectivity index (χ0n) is 12.7. The summed E-state index contributed by atoms with van der Waals surface area (Å²) < 4.78 is 25.9. The number of rotatable bonds is 6. The molecular formula is C17H23F2NO2. The van der Waals surface area contributed by atoms with Crippen LogP contribution in [0.25, 0.3) is 0 Å². The second-order valence-electron chi connectivity index (χ2n) is 6.16. The second kappa shape index (κ2) is 7.68. The van der Waals surface area contributed by atoms with Gasteiger partial charge >= 0.3 is 0 Å². The number of hydrogen-bond donors (Lipinski definition) is 2. The molecule has 1 aliphatic carbocycles. The predicted octanol–water partition coefficient (Wildman–Crippen LogP) is 3.10. The van der Waals surface area contributed by atoms with Crippen LogP contribution < -0.4 is 5.32 Å². The average molecular weight is 311 g/mol. The normalized spacial score (nSPS) is 17.2. The topological polar surface area (TPSA) is 49.3 Å². The molecule has 2 rings (SSSR count). The van der Waals surface area contributed by atoms with Crippen molar-refractivity contribution in [1.29, 1.82) is 0 Å². The summed E-state index contributed by atoms with van der Waals surface area (Å²) in [6, 6.07) is 3.79. The monoisotopic (exact) mass is 311 g/mol. The molecule has 0 radical (unpaired) electrons. The number of nitrogens with one attached hydrogen (secondary N) is 1. The van der Waals surface area contributed by atoms with Crippen molar-refractivity contribution < 1.29 is 18.7 Å². The summed E-state index contributed by atoms with van der Waals surface area (Å²) in [5, 5.41) is 13.1. The Bertz CT molecular complexity index is 513. The van der Waals surface area contributed by atoms with Crippen LogP contribution >= 0.6 is 0 Å². The predicted molar refractivity (Wildman–Crippen MR) is 80.3 cm³/mol. The van der Waals surface area contributed by atoms with Crippen LogP contribution in [0.1, 0.15) is 50.5 Å². The molecule has 0 aromatic heterocycles. The molecule has 1 saturated carbocycles. The first-order valence-electron chi connectivity index (χ1n) is 7.92. The van der Waals surface area contributed by atoms with E-state index in [1.165, 1.54) is 6.07 Å². The van der Waals surface area contributed by atoms with Gasteiger partial charge in [0.05, 0.1) is 5.60 Å². The van der Waals surface area contributed by atoms with E-state index >= 15 is 0 Å². The molecule has 0 spiro atoms. The maximum Gasteiger partial charge on any atom is 0.220 e. The van der Waals surface area contributed by atoms with Crippen LogP contribution in [-0.2, 0) is 11.2 Å². The van der Waals surface area contributed by atoms with Crippen molar-refractivity contribution in [3.05, 3.63) is 35.4 Å². The van der Waals surface area contributed by atoms with Crippen molar-refractivity contribution in [2.45, 2.75) is 57.0 Å². The van der Waals surface area contributed by atoms with Crippen molar-refractivity contribution in [2.75, 3.05) is 6.54 Å². The molecule has 22 heavy (non-hydrogen) atoms. The fraction of sp³-hybridized carbons (Fsp3) is 0.588. The zero-order chi connectivity index (χ0) is 16.0. The van der Waals surface area contributed by atoms with E-state index in [1.807, 2.05) is 0 Å². The Morgan fingerprint density at radius 3 is 2.59 bits per heavy atom. The molecule has 0 aliphatic heterocycles. The molecule has 2 N–H and O–H groups in total. The number of amides is 1. The molecule has 1 aliphatic rings. The SMILES string of the molecule is O=C(CCCc1ccc(F)c(F)c1)NCC1(O)CCCCC1. The van der Waals surface area contributed by atoms with Gasteiger partial charge in [0.2, 0.25) is 5.91 Å². The lowest BCUT2D eigenvalue weighted by Crippen LogP contribution is -2.44. The molecule has 0 heterocycles. The maximum atomic E-state index is 13.1. The molecule has 0 saturated heterocycles. The van der Waals surface area contributed by atoms with E-state index in [0.29, 0.717) is 31.4 Å². The third-order valence-corrected chi connectivity index (χ3v) is 4.25. The number of halogens is 2. The van der Waals surface area contributed by atoms with E-state index < -0.39 is 17.2 Å². The van der Waals surface area contributed by atoms with Gasteiger partial charge in [-0.25, -0.2) is 8.78 Å². The number of aliphatic hydroxyl groups is 1. The van der Waals surface area contributed by atoms with Gasteiger partial charge in [0, 0.05) is 13.0 Å². The van der Waals surface area contributed by atoms with E-state index in [1.54, 1.807) is 0 Å². The minimum atomic E-state index is -0.860. The number of aryl methyl sites for hydroxylation is 1. The highest BCUT2D eigenvalue weighted by molar-refractivity contribution is 5.75. The summed E-state index contributed by atoms with van der Waals surface area (Å²) in [5.41, 5.74) is -0.0776. The minimum absolute atomic E-state index is 0.110. The Balaban J connectivity index is 1.68. The number of carbonyl (C=O) groups is 1. The quantitative estimate of drug-likeness (QED) is 0.848. The summed E-state index contributed by atoms with van der Waals surface area (Å²) in [5.74, 6) is -1.83. The van der Waals surface area contributed by atoms with Crippen LogP contribution in [0, 0.1) is 11.6 Å². The lowest BCUT2D eigenvalue weighted by atomic mass is 9.85. The lowest BCUT2D eigenvalue weighted by molar-refractivity contribution is -0.122. The van der Waals surface area contributed by atoms with Gasteiger partial charge in [0.1, 0.15) is 0 Å². The van der Waals surface area contributed by atoms with Gasteiger partial charge in [0.25, 0.3) is 0 Å². The first kappa shape index (κ1) is 16.9. The first-order chi connectivity index (χ1) is 10.5. The van der Waals surface area contributed by atoms with Gasteiger partial charge in [-0.05, 0) is 43.4 Å². The summed E-state index contributed by atoms with van der Waals surface area (Å²) in [4.78, 5) is 11.8. The average Bonchev–Trinajstić information content (AvgIpc) is 2.50. The molecule has 1 aromatic carbocycles. The van der Waals surface area contributed by atoms with Crippen molar-refractivity contribution >= 4 is 5.91 Å². The van der Waals surface area contributed by atoms with E-state index in [2.05, 4.69) is 5.32 Å². The molecule has 3 nitrogen and oxygen atoms in total. The van der Waals surface area contributed by atoms with E-state index in [9.17, 15) is 18.7 Å². The van der Waals surface area contributed by atoms with Crippen LogP contribution in [0.4, 0.5) is 8.78 Å². The van der Waals surface area contributed by atoms with E-state index in [4.69, 9.17) is 0 Å². The van der Waals surface area contributed by atoms with Crippen LogP contribution in [-0.4, -0.2) is 23.2 Å². The van der Waals surface area contributed by atoms with Gasteiger partial charge in [0.15, 0.2) is 11.6 Å². The number of carbonyl (C=O) groups excluding carboxylic acids is 1. The van der Waals surface area contributed by atoms with Crippen molar-refractivity contribution in [2.24, 2.45) is 0 Å².